The monoisotopic (exact) mass is 650 g/mol. The van der Waals surface area contributed by atoms with Crippen molar-refractivity contribution in [2.75, 3.05) is 26.2 Å². The van der Waals surface area contributed by atoms with Gasteiger partial charge < -0.3 is 19.4 Å². The first-order valence-corrected chi connectivity index (χ1v) is 17.4. The van der Waals surface area contributed by atoms with Crippen LogP contribution in [-0.4, -0.2) is 57.7 Å². The van der Waals surface area contributed by atoms with Crippen LogP contribution in [0.2, 0.25) is 0 Å². The number of carbonyl (C=O) groups is 3. The Balaban J connectivity index is 0.000000179. The number of thiophene rings is 2. The van der Waals surface area contributed by atoms with Crippen LogP contribution in [0.4, 0.5) is 0 Å². The number of hydrogen-bond donors (Lipinski definition) is 1. The summed E-state index contributed by atoms with van der Waals surface area (Å²) in [5.74, 6) is 0.955. The van der Waals surface area contributed by atoms with Gasteiger partial charge in [0.1, 0.15) is 0 Å². The van der Waals surface area contributed by atoms with E-state index in [-0.39, 0.29) is 28.6 Å². The number of ketones is 2. The molecule has 1 N–H and O–H groups in total. The first-order chi connectivity index (χ1) is 21.5. The molecule has 11 heteroatoms. The molecule has 2 fully saturated rings. The number of carbonyl (C=O) groups excluding carboxylic acids is 3. The molecule has 0 spiro atoms. The van der Waals surface area contributed by atoms with Crippen LogP contribution < -0.4 is 16.4 Å². The molecule has 0 aliphatic carbocycles. The van der Waals surface area contributed by atoms with Crippen LogP contribution >= 0.6 is 22.7 Å². The van der Waals surface area contributed by atoms with Gasteiger partial charge in [0.2, 0.25) is 5.91 Å². The summed E-state index contributed by atoms with van der Waals surface area (Å²) in [5, 5.41) is 7.26. The van der Waals surface area contributed by atoms with Gasteiger partial charge in [0.15, 0.2) is 11.6 Å². The van der Waals surface area contributed by atoms with Gasteiger partial charge in [-0.2, -0.15) is 0 Å². The number of piperidine rings is 2. The van der Waals surface area contributed by atoms with E-state index in [2.05, 4.69) is 5.32 Å². The van der Waals surface area contributed by atoms with E-state index in [9.17, 15) is 24.0 Å². The minimum Gasteiger partial charge on any atom is -0.343 e. The molecular formula is C34H42N4O5S2. The topological polar surface area (TPSA) is 110 Å². The maximum atomic E-state index is 12.8. The van der Waals surface area contributed by atoms with Crippen LogP contribution in [-0.2, 0) is 17.9 Å². The van der Waals surface area contributed by atoms with Gasteiger partial charge in [0, 0.05) is 55.4 Å². The molecule has 0 unspecified atom stereocenters. The smallest absolute Gasteiger partial charge is 0.254 e. The second kappa shape index (κ2) is 13.9. The Hall–Kier alpha value is -3.41. The van der Waals surface area contributed by atoms with E-state index in [1.165, 1.54) is 25.2 Å². The van der Waals surface area contributed by atoms with Crippen molar-refractivity contribution in [1.82, 2.24) is 19.4 Å². The number of nitrogens with zero attached hydrogens (tertiary/aromatic N) is 3. The molecule has 2 aliphatic heterocycles. The van der Waals surface area contributed by atoms with E-state index in [1.54, 1.807) is 32.1 Å². The van der Waals surface area contributed by atoms with Gasteiger partial charge in [-0.25, -0.2) is 0 Å². The van der Waals surface area contributed by atoms with Crippen molar-refractivity contribution in [2.45, 2.75) is 73.4 Å². The summed E-state index contributed by atoms with van der Waals surface area (Å²) >= 11 is 3.06. The Kier molecular flexibility index (Phi) is 10.2. The second-order valence-corrected chi connectivity index (χ2v) is 14.2. The predicted octanol–water partition coefficient (Wildman–Crippen LogP) is 5.41. The lowest BCUT2D eigenvalue weighted by Crippen LogP contribution is -2.39. The van der Waals surface area contributed by atoms with Gasteiger partial charge in [0.05, 0.1) is 20.4 Å². The zero-order valence-corrected chi connectivity index (χ0v) is 28.4. The number of fused-ring (bicyclic) bond motifs is 2. The highest BCUT2D eigenvalue weighted by Gasteiger charge is 2.24. The minimum atomic E-state index is -0.0694. The number of pyridine rings is 2. The number of aromatic nitrogens is 2. The van der Waals surface area contributed by atoms with Crippen LogP contribution in [0, 0.1) is 25.7 Å². The Morgan fingerprint density at radius 1 is 0.733 bits per heavy atom. The lowest BCUT2D eigenvalue weighted by Gasteiger charge is -2.31. The molecular weight excluding hydrogens is 609 g/mol. The molecule has 240 valence electrons. The highest BCUT2D eigenvalue weighted by Crippen LogP contribution is 2.29. The van der Waals surface area contributed by atoms with Crippen LogP contribution in [0.25, 0.3) is 20.4 Å². The van der Waals surface area contributed by atoms with Gasteiger partial charge in [-0.1, -0.05) is 0 Å². The fourth-order valence-corrected chi connectivity index (χ4v) is 8.90. The summed E-state index contributed by atoms with van der Waals surface area (Å²) in [5.41, 5.74) is 3.99. The molecule has 9 nitrogen and oxygen atoms in total. The van der Waals surface area contributed by atoms with Crippen LogP contribution in [0.3, 0.4) is 0 Å². The fourth-order valence-electron chi connectivity index (χ4n) is 6.80. The summed E-state index contributed by atoms with van der Waals surface area (Å²) in [6.07, 6.45) is 4.02. The first-order valence-electron chi connectivity index (χ1n) is 15.7. The minimum absolute atomic E-state index is 0.00960. The molecule has 2 saturated heterocycles. The third kappa shape index (κ3) is 6.76. The van der Waals surface area contributed by atoms with Crippen molar-refractivity contribution in [3.8, 4) is 0 Å². The Morgan fingerprint density at radius 3 is 1.56 bits per heavy atom. The average Bonchev–Trinajstić information content (AvgIpc) is 3.69. The Bertz CT molecular complexity index is 1870. The molecule has 0 atom stereocenters. The number of hydrogen-bond acceptors (Lipinski definition) is 8. The van der Waals surface area contributed by atoms with Gasteiger partial charge in [-0.05, 0) is 101 Å². The van der Waals surface area contributed by atoms with Crippen molar-refractivity contribution in [1.29, 1.82) is 0 Å². The predicted molar refractivity (Wildman–Crippen MR) is 182 cm³/mol. The van der Waals surface area contributed by atoms with Crippen molar-refractivity contribution in [3.05, 3.63) is 65.9 Å². The summed E-state index contributed by atoms with van der Waals surface area (Å²) in [7, 11) is 0. The van der Waals surface area contributed by atoms with Crippen LogP contribution in [0.15, 0.2) is 32.5 Å². The van der Waals surface area contributed by atoms with Gasteiger partial charge in [-0.15, -0.1) is 22.7 Å². The van der Waals surface area contributed by atoms with E-state index in [0.717, 1.165) is 78.8 Å². The second-order valence-electron chi connectivity index (χ2n) is 12.4. The summed E-state index contributed by atoms with van der Waals surface area (Å²) in [6.45, 7) is 13.1. The van der Waals surface area contributed by atoms with Crippen molar-refractivity contribution >= 4 is 60.6 Å². The summed E-state index contributed by atoms with van der Waals surface area (Å²) < 4.78 is 5.56. The van der Waals surface area contributed by atoms with Crippen molar-refractivity contribution < 1.29 is 14.4 Å². The van der Waals surface area contributed by atoms with Gasteiger partial charge in [0.25, 0.3) is 11.1 Å². The number of Topliss-reactive ketones (excluding diaryl/α,β-unsaturated/α-hetero) is 2. The van der Waals surface area contributed by atoms with Crippen LogP contribution in [0.5, 0.6) is 0 Å². The quantitative estimate of drug-likeness (QED) is 0.280. The maximum Gasteiger partial charge on any atom is 0.254 e. The molecule has 0 bridgehead atoms. The molecule has 4 aromatic heterocycles. The van der Waals surface area contributed by atoms with Gasteiger partial charge >= 0.3 is 0 Å². The zero-order chi connectivity index (χ0) is 32.4. The molecule has 6 heterocycles. The Labute approximate surface area is 270 Å². The van der Waals surface area contributed by atoms with Crippen molar-refractivity contribution in [3.63, 3.8) is 0 Å². The molecule has 1 amide bonds. The number of amides is 1. The SMILES string of the molecule is CC(=O)c1c(C)c(=O)n(CC2CCN(C(C)=O)CC2)c2ccsc12.CC(=O)c1c(C)c(=O)n(CC2CCNCC2)c2ccsc12. The van der Waals surface area contributed by atoms with E-state index in [0.29, 0.717) is 40.6 Å². The number of likely N-dealkylation sites (tertiary alicyclic amines) is 1. The molecule has 4 aromatic rings. The van der Waals surface area contributed by atoms with E-state index >= 15 is 0 Å². The average molecular weight is 651 g/mol. The first kappa shape index (κ1) is 33.0. The third-order valence-electron chi connectivity index (χ3n) is 9.31. The number of nitrogens with one attached hydrogen (secondary N) is 1. The number of rotatable bonds is 6. The van der Waals surface area contributed by atoms with Gasteiger partial charge in [-0.3, -0.25) is 24.0 Å². The molecule has 6 rings (SSSR count). The lowest BCUT2D eigenvalue weighted by atomic mass is 9.96. The normalized spacial score (nSPS) is 16.2. The van der Waals surface area contributed by atoms with E-state index in [4.69, 9.17) is 0 Å². The maximum absolute atomic E-state index is 12.8. The molecule has 0 aromatic carbocycles. The van der Waals surface area contributed by atoms with E-state index < -0.39 is 0 Å². The summed E-state index contributed by atoms with van der Waals surface area (Å²) in [4.78, 5) is 62.6. The molecule has 2 aliphatic rings. The summed E-state index contributed by atoms with van der Waals surface area (Å²) in [6, 6.07) is 3.90. The highest BCUT2D eigenvalue weighted by molar-refractivity contribution is 7.17. The molecule has 0 saturated carbocycles. The highest BCUT2D eigenvalue weighted by atomic mass is 32.1. The van der Waals surface area contributed by atoms with E-state index in [1.807, 2.05) is 36.9 Å². The fraction of sp³-hybridized carbons (Fsp3) is 0.500. The zero-order valence-electron chi connectivity index (χ0n) is 26.7. The van der Waals surface area contributed by atoms with Crippen molar-refractivity contribution in [2.24, 2.45) is 11.8 Å². The third-order valence-corrected chi connectivity index (χ3v) is 11.2. The Morgan fingerprint density at radius 2 is 1.16 bits per heavy atom. The largest absolute Gasteiger partial charge is 0.343 e. The lowest BCUT2D eigenvalue weighted by molar-refractivity contribution is -0.130. The van der Waals surface area contributed by atoms with Crippen LogP contribution in [0.1, 0.15) is 78.3 Å². The molecule has 0 radical (unpaired) electrons. The standard InChI is InChI=1S/C18H22N2O3S.C16H20N2O2S/c1-11-16(12(2)21)17-15(6-9-24-17)20(18(11)23)10-14-4-7-19(8-5-14)13(3)22;1-10-14(11(2)19)15-13(5-8-21-15)18(16(10)20)9-12-3-6-17-7-4-12/h6,9,14H,4-5,7-8,10H2,1-3H3;5,8,12,17H,3-4,6-7,9H2,1-2H3. The molecule has 45 heavy (non-hydrogen) atoms.